The van der Waals surface area contributed by atoms with Gasteiger partial charge in [-0.05, 0) is 62.9 Å². The van der Waals surface area contributed by atoms with E-state index in [4.69, 9.17) is 4.74 Å². The fourth-order valence-electron chi connectivity index (χ4n) is 7.25. The summed E-state index contributed by atoms with van der Waals surface area (Å²) in [6, 6.07) is 12.2. The standard InChI is InChI=1S/C26H30N2O5.2ClH/c1-28-12-11-25-21-16-7-8-19(29)22(21)33-23(25)17(9-10-26(25,32)20(28)14-16)27-18(24(30)31)13-15-5-3-2-4-6-15;;/h2-8,17-18,20,23,27,29,32H,9-14H2,1H3,(H,30,31);2*1H/t17-,18+,20-,23+,25+,26-;;/m1../s1. The second-order valence-electron chi connectivity index (χ2n) is 10.2. The molecule has 0 unspecified atom stereocenters. The fraction of sp³-hybridized carbons (Fsp3) is 0.500. The maximum absolute atomic E-state index is 12.2. The first-order chi connectivity index (χ1) is 15.8. The van der Waals surface area contributed by atoms with Crippen molar-refractivity contribution in [3.63, 3.8) is 0 Å². The number of likely N-dealkylation sites (N-methyl/N-ethyl adjacent to an activating group) is 1. The highest BCUT2D eigenvalue weighted by Crippen LogP contribution is 2.65. The molecule has 2 heterocycles. The number of benzene rings is 2. The first kappa shape index (κ1) is 26.0. The first-order valence-electron chi connectivity index (χ1n) is 11.8. The van der Waals surface area contributed by atoms with Crippen LogP contribution >= 0.6 is 24.8 Å². The summed E-state index contributed by atoms with van der Waals surface area (Å²) < 4.78 is 6.47. The number of aliphatic carboxylic acids is 1. The van der Waals surface area contributed by atoms with Gasteiger partial charge in [-0.3, -0.25) is 10.1 Å². The molecular formula is C26H32Cl2N2O5. The van der Waals surface area contributed by atoms with Gasteiger partial charge in [0.15, 0.2) is 11.5 Å². The van der Waals surface area contributed by atoms with Crippen molar-refractivity contribution < 1.29 is 24.9 Å². The number of carbonyl (C=O) groups is 1. The molecule has 4 aliphatic rings. The van der Waals surface area contributed by atoms with E-state index in [1.54, 1.807) is 6.07 Å². The molecule has 1 saturated carbocycles. The minimum atomic E-state index is -0.979. The molecule has 2 aromatic rings. The Hall–Kier alpha value is -2.03. The van der Waals surface area contributed by atoms with E-state index in [-0.39, 0.29) is 42.6 Å². The topological polar surface area (TPSA) is 102 Å². The minimum Gasteiger partial charge on any atom is -0.504 e. The molecule has 190 valence electrons. The van der Waals surface area contributed by atoms with Gasteiger partial charge in [0, 0.05) is 17.6 Å². The minimum absolute atomic E-state index is 0. The monoisotopic (exact) mass is 522 g/mol. The highest BCUT2D eigenvalue weighted by Gasteiger charge is 2.72. The van der Waals surface area contributed by atoms with Crippen molar-refractivity contribution in [2.75, 3.05) is 13.6 Å². The summed E-state index contributed by atoms with van der Waals surface area (Å²) in [6.07, 6.45) is 2.52. The number of aliphatic hydroxyl groups is 1. The van der Waals surface area contributed by atoms with Gasteiger partial charge in [0.05, 0.1) is 11.0 Å². The van der Waals surface area contributed by atoms with Crippen molar-refractivity contribution in [2.24, 2.45) is 0 Å². The van der Waals surface area contributed by atoms with E-state index in [1.165, 1.54) is 0 Å². The van der Waals surface area contributed by atoms with E-state index in [1.807, 2.05) is 36.4 Å². The summed E-state index contributed by atoms with van der Waals surface area (Å²) >= 11 is 0. The molecule has 1 saturated heterocycles. The number of hydrogen-bond acceptors (Lipinski definition) is 6. The third-order valence-corrected chi connectivity index (χ3v) is 8.73. The molecule has 6 atom stereocenters. The van der Waals surface area contributed by atoms with Crippen LogP contribution in [0.3, 0.4) is 0 Å². The lowest BCUT2D eigenvalue weighted by molar-refractivity contribution is -0.187. The number of phenols is 1. The van der Waals surface area contributed by atoms with Crippen LogP contribution in [0.25, 0.3) is 0 Å². The van der Waals surface area contributed by atoms with E-state index in [0.29, 0.717) is 31.4 Å². The largest absolute Gasteiger partial charge is 0.504 e. The van der Waals surface area contributed by atoms with Gasteiger partial charge >= 0.3 is 5.97 Å². The number of aromatic hydroxyl groups is 1. The molecule has 2 aliphatic heterocycles. The van der Waals surface area contributed by atoms with Crippen molar-refractivity contribution in [3.8, 4) is 11.5 Å². The molecule has 1 spiro atoms. The molecule has 0 radical (unpaired) electrons. The number of hydrogen-bond donors (Lipinski definition) is 4. The SMILES string of the molecule is CN1CC[C@]23c4c5ccc(O)c4O[C@H]2[C@H](N[C@@H](Cc2ccccc2)C(=O)O)CC[C@@]3(O)[C@H]1C5.Cl.Cl. The number of nitrogens with one attached hydrogen (secondary N) is 1. The van der Waals surface area contributed by atoms with Gasteiger partial charge < -0.3 is 25.0 Å². The van der Waals surface area contributed by atoms with Crippen LogP contribution in [0, 0.1) is 0 Å². The summed E-state index contributed by atoms with van der Waals surface area (Å²) in [7, 11) is 2.07. The Morgan fingerprint density at radius 1 is 1.20 bits per heavy atom. The number of likely N-dealkylation sites (tertiary alicyclic amines) is 1. The van der Waals surface area contributed by atoms with Gasteiger partial charge in [-0.15, -0.1) is 24.8 Å². The smallest absolute Gasteiger partial charge is 0.321 e. The quantitative estimate of drug-likeness (QED) is 0.478. The Bertz CT molecular complexity index is 1120. The third kappa shape index (κ3) is 3.55. The maximum atomic E-state index is 12.2. The van der Waals surface area contributed by atoms with Gasteiger partial charge in [-0.1, -0.05) is 36.4 Å². The van der Waals surface area contributed by atoms with Crippen LogP contribution < -0.4 is 10.1 Å². The molecule has 0 aromatic heterocycles. The zero-order chi connectivity index (χ0) is 23.0. The van der Waals surface area contributed by atoms with E-state index in [0.717, 1.165) is 29.7 Å². The fourth-order valence-corrected chi connectivity index (χ4v) is 7.25. The number of piperidine rings is 1. The second kappa shape index (κ2) is 9.12. The number of rotatable bonds is 5. The van der Waals surface area contributed by atoms with Crippen molar-refractivity contribution in [2.45, 2.75) is 67.3 Å². The van der Waals surface area contributed by atoms with Crippen LogP contribution in [-0.4, -0.2) is 69.6 Å². The number of carboxylic acid groups (broad SMARTS) is 1. The summed E-state index contributed by atoms with van der Waals surface area (Å²) in [4.78, 5) is 14.4. The molecule has 2 fully saturated rings. The van der Waals surface area contributed by atoms with Crippen LogP contribution in [0.1, 0.15) is 36.0 Å². The Balaban J connectivity index is 0.00000144. The third-order valence-electron chi connectivity index (χ3n) is 8.73. The summed E-state index contributed by atoms with van der Waals surface area (Å²) in [5, 5.41) is 36.3. The summed E-state index contributed by atoms with van der Waals surface area (Å²) in [6.45, 7) is 0.820. The Morgan fingerprint density at radius 2 is 1.94 bits per heavy atom. The molecule has 7 nitrogen and oxygen atoms in total. The lowest BCUT2D eigenvalue weighted by Gasteiger charge is -2.63. The number of nitrogens with zero attached hydrogens (tertiary/aromatic N) is 1. The maximum Gasteiger partial charge on any atom is 0.321 e. The highest BCUT2D eigenvalue weighted by atomic mass is 35.5. The number of carboxylic acids is 1. The highest BCUT2D eigenvalue weighted by molar-refractivity contribution is 5.85. The molecule has 4 N–H and O–H groups in total. The van der Waals surface area contributed by atoms with Crippen molar-refractivity contribution in [1.29, 1.82) is 0 Å². The van der Waals surface area contributed by atoms with E-state index < -0.39 is 29.1 Å². The Morgan fingerprint density at radius 3 is 2.66 bits per heavy atom. The van der Waals surface area contributed by atoms with Gasteiger partial charge in [0.2, 0.25) is 0 Å². The first-order valence-corrected chi connectivity index (χ1v) is 11.8. The molecule has 2 aliphatic carbocycles. The molecule has 2 bridgehead atoms. The van der Waals surface area contributed by atoms with Gasteiger partial charge in [-0.2, -0.15) is 0 Å². The average molecular weight is 523 g/mol. The second-order valence-corrected chi connectivity index (χ2v) is 10.2. The van der Waals surface area contributed by atoms with Gasteiger partial charge in [0.1, 0.15) is 12.1 Å². The van der Waals surface area contributed by atoms with E-state index in [2.05, 4.69) is 17.3 Å². The lowest BCUT2D eigenvalue weighted by Crippen LogP contribution is -2.78. The lowest BCUT2D eigenvalue weighted by atomic mass is 9.48. The van der Waals surface area contributed by atoms with Gasteiger partial charge in [0.25, 0.3) is 0 Å². The van der Waals surface area contributed by atoms with Crippen LogP contribution in [0.15, 0.2) is 42.5 Å². The van der Waals surface area contributed by atoms with Crippen LogP contribution in [0.5, 0.6) is 11.5 Å². The molecule has 6 rings (SSSR count). The summed E-state index contributed by atoms with van der Waals surface area (Å²) in [5.74, 6) is -0.334. The van der Waals surface area contributed by atoms with Crippen LogP contribution in [0.2, 0.25) is 0 Å². The molecule has 2 aromatic carbocycles. The number of ether oxygens (including phenoxy) is 1. The Kier molecular flexibility index (Phi) is 6.79. The van der Waals surface area contributed by atoms with Crippen molar-refractivity contribution in [1.82, 2.24) is 10.2 Å². The zero-order valence-corrected chi connectivity index (χ0v) is 21.1. The molecule has 35 heavy (non-hydrogen) atoms. The number of halogens is 2. The molecule has 9 heteroatoms. The predicted molar refractivity (Wildman–Crippen MR) is 136 cm³/mol. The average Bonchev–Trinajstić information content (AvgIpc) is 3.16. The molecular weight excluding hydrogens is 491 g/mol. The normalized spacial score (nSPS) is 32.9. The van der Waals surface area contributed by atoms with E-state index >= 15 is 0 Å². The zero-order valence-electron chi connectivity index (χ0n) is 19.5. The van der Waals surface area contributed by atoms with Crippen LogP contribution in [-0.2, 0) is 23.1 Å². The summed E-state index contributed by atoms with van der Waals surface area (Å²) in [5.41, 5.74) is 1.38. The predicted octanol–water partition coefficient (Wildman–Crippen LogP) is 2.67. The molecule has 0 amide bonds. The number of phenolic OH excluding ortho intramolecular Hbond substituents is 1. The van der Waals surface area contributed by atoms with Crippen molar-refractivity contribution in [3.05, 3.63) is 59.2 Å². The van der Waals surface area contributed by atoms with Gasteiger partial charge in [-0.25, -0.2) is 0 Å². The Labute approximate surface area is 217 Å². The van der Waals surface area contributed by atoms with Crippen molar-refractivity contribution >= 4 is 30.8 Å². The van der Waals surface area contributed by atoms with Crippen LogP contribution in [0.4, 0.5) is 0 Å². The van der Waals surface area contributed by atoms with E-state index in [9.17, 15) is 20.1 Å².